The number of amides is 1. The highest BCUT2D eigenvalue weighted by atomic mass is 16.6. The van der Waals surface area contributed by atoms with Crippen LogP contribution in [-0.4, -0.2) is 49.3 Å². The summed E-state index contributed by atoms with van der Waals surface area (Å²) in [4.78, 5) is 13.7. The Kier molecular flexibility index (Phi) is 3.38. The van der Waals surface area contributed by atoms with Gasteiger partial charge in [0.2, 0.25) is 5.91 Å². The van der Waals surface area contributed by atoms with Gasteiger partial charge in [-0.25, -0.2) is 0 Å². The maximum absolute atomic E-state index is 11.8. The van der Waals surface area contributed by atoms with E-state index in [0.717, 1.165) is 32.7 Å². The van der Waals surface area contributed by atoms with Crippen LogP contribution in [0.2, 0.25) is 0 Å². The molecule has 0 spiro atoms. The van der Waals surface area contributed by atoms with Crippen molar-refractivity contribution in [3.8, 4) is 0 Å². The van der Waals surface area contributed by atoms with Gasteiger partial charge in [0.1, 0.15) is 0 Å². The third kappa shape index (κ3) is 3.64. The van der Waals surface area contributed by atoms with E-state index >= 15 is 0 Å². The fourth-order valence-corrected chi connectivity index (χ4v) is 1.50. The summed E-state index contributed by atoms with van der Waals surface area (Å²) in [6.45, 7) is 6.63. The molecule has 84 valence electrons. The number of hydrogen-bond acceptors (Lipinski definition) is 3. The van der Waals surface area contributed by atoms with Crippen LogP contribution in [0.15, 0.2) is 12.7 Å². The van der Waals surface area contributed by atoms with Gasteiger partial charge in [-0.1, -0.05) is 6.08 Å². The third-order valence-corrected chi connectivity index (χ3v) is 2.57. The fourth-order valence-electron chi connectivity index (χ4n) is 1.50. The van der Waals surface area contributed by atoms with Gasteiger partial charge in [-0.2, -0.15) is 0 Å². The van der Waals surface area contributed by atoms with Crippen molar-refractivity contribution < 1.29 is 14.3 Å². The second kappa shape index (κ2) is 4.77. The van der Waals surface area contributed by atoms with Gasteiger partial charge in [-0.3, -0.25) is 4.79 Å². The van der Waals surface area contributed by atoms with Crippen molar-refractivity contribution in [3.05, 3.63) is 12.7 Å². The lowest BCUT2D eigenvalue weighted by Crippen LogP contribution is -2.37. The second-order valence-corrected chi connectivity index (χ2v) is 4.04. The van der Waals surface area contributed by atoms with Crippen molar-refractivity contribution in [2.45, 2.75) is 25.0 Å². The lowest BCUT2D eigenvalue weighted by molar-refractivity contribution is -0.131. The summed E-state index contributed by atoms with van der Waals surface area (Å²) in [6, 6.07) is 0. The third-order valence-electron chi connectivity index (χ3n) is 2.57. The van der Waals surface area contributed by atoms with Crippen molar-refractivity contribution >= 4 is 5.91 Å². The maximum atomic E-state index is 11.8. The molecule has 2 fully saturated rings. The summed E-state index contributed by atoms with van der Waals surface area (Å²) in [7, 11) is 0. The maximum Gasteiger partial charge on any atom is 0.223 e. The minimum atomic E-state index is 0.181. The van der Waals surface area contributed by atoms with E-state index in [2.05, 4.69) is 6.58 Å². The van der Waals surface area contributed by atoms with Gasteiger partial charge < -0.3 is 14.4 Å². The minimum Gasteiger partial charge on any atom is -0.371 e. The van der Waals surface area contributed by atoms with Crippen molar-refractivity contribution in [2.24, 2.45) is 0 Å². The summed E-state index contributed by atoms with van der Waals surface area (Å²) in [5.41, 5.74) is 0. The summed E-state index contributed by atoms with van der Waals surface area (Å²) in [5.74, 6) is 0.181. The van der Waals surface area contributed by atoms with Gasteiger partial charge in [-0.05, 0) is 6.42 Å². The van der Waals surface area contributed by atoms with E-state index in [1.165, 1.54) is 0 Å². The number of carbonyl (C=O) groups is 1. The van der Waals surface area contributed by atoms with Gasteiger partial charge >= 0.3 is 0 Å². The molecule has 2 heterocycles. The number of epoxide rings is 2. The Morgan fingerprint density at radius 1 is 1.33 bits per heavy atom. The van der Waals surface area contributed by atoms with Crippen LogP contribution >= 0.6 is 0 Å². The number of rotatable bonds is 7. The Bertz CT molecular complexity index is 232. The van der Waals surface area contributed by atoms with Crippen LogP contribution in [0, 0.1) is 0 Å². The van der Waals surface area contributed by atoms with Gasteiger partial charge in [0.15, 0.2) is 0 Å². The van der Waals surface area contributed by atoms with E-state index in [4.69, 9.17) is 9.47 Å². The van der Waals surface area contributed by atoms with E-state index in [1.807, 2.05) is 4.90 Å². The zero-order chi connectivity index (χ0) is 10.7. The SMILES string of the molecule is C=CCCC(=O)N(CC1CO1)CC1CO1. The number of allylic oxidation sites excluding steroid dienone is 1. The Morgan fingerprint density at radius 2 is 1.87 bits per heavy atom. The summed E-state index contributed by atoms with van der Waals surface area (Å²) in [5, 5.41) is 0. The molecule has 0 bridgehead atoms. The predicted octanol–water partition coefficient (Wildman–Crippen LogP) is 0.579. The van der Waals surface area contributed by atoms with Crippen LogP contribution < -0.4 is 0 Å². The molecule has 0 N–H and O–H groups in total. The molecule has 2 rings (SSSR count). The predicted molar refractivity (Wildman–Crippen MR) is 55.5 cm³/mol. The molecule has 0 aromatic heterocycles. The molecule has 2 unspecified atom stereocenters. The lowest BCUT2D eigenvalue weighted by atomic mass is 10.2. The first-order chi connectivity index (χ1) is 7.29. The van der Waals surface area contributed by atoms with E-state index in [0.29, 0.717) is 6.42 Å². The topological polar surface area (TPSA) is 45.4 Å². The van der Waals surface area contributed by atoms with E-state index in [-0.39, 0.29) is 18.1 Å². The lowest BCUT2D eigenvalue weighted by Gasteiger charge is -2.20. The van der Waals surface area contributed by atoms with Crippen molar-refractivity contribution in [1.29, 1.82) is 0 Å². The normalized spacial score (nSPS) is 27.2. The molecule has 0 aromatic rings. The zero-order valence-electron chi connectivity index (χ0n) is 8.85. The summed E-state index contributed by atoms with van der Waals surface area (Å²) >= 11 is 0. The first-order valence-corrected chi connectivity index (χ1v) is 5.41. The molecule has 2 aliphatic heterocycles. The molecule has 4 heteroatoms. The highest BCUT2D eigenvalue weighted by Crippen LogP contribution is 2.16. The van der Waals surface area contributed by atoms with Crippen LogP contribution in [0.1, 0.15) is 12.8 Å². The molecular weight excluding hydrogens is 194 g/mol. The quantitative estimate of drug-likeness (QED) is 0.457. The molecule has 4 nitrogen and oxygen atoms in total. The number of hydrogen-bond donors (Lipinski definition) is 0. The van der Waals surface area contributed by atoms with Crippen molar-refractivity contribution in [2.75, 3.05) is 26.3 Å². The molecular formula is C11H17NO3. The number of nitrogens with zero attached hydrogens (tertiary/aromatic N) is 1. The number of ether oxygens (including phenoxy) is 2. The Morgan fingerprint density at radius 3 is 2.27 bits per heavy atom. The van der Waals surface area contributed by atoms with Crippen LogP contribution in [0.4, 0.5) is 0 Å². The van der Waals surface area contributed by atoms with Gasteiger partial charge in [0.25, 0.3) is 0 Å². The van der Waals surface area contributed by atoms with Gasteiger partial charge in [-0.15, -0.1) is 6.58 Å². The molecule has 0 radical (unpaired) electrons. The smallest absolute Gasteiger partial charge is 0.223 e. The van der Waals surface area contributed by atoms with Gasteiger partial charge in [0.05, 0.1) is 25.4 Å². The van der Waals surface area contributed by atoms with Crippen LogP contribution in [0.3, 0.4) is 0 Å². The Hall–Kier alpha value is -0.870. The van der Waals surface area contributed by atoms with E-state index in [1.54, 1.807) is 6.08 Å². The molecule has 0 aromatic carbocycles. The van der Waals surface area contributed by atoms with Crippen LogP contribution in [0.25, 0.3) is 0 Å². The number of carbonyl (C=O) groups excluding carboxylic acids is 1. The van der Waals surface area contributed by atoms with Crippen LogP contribution in [-0.2, 0) is 14.3 Å². The zero-order valence-corrected chi connectivity index (χ0v) is 8.85. The standard InChI is InChI=1S/C11H17NO3/c1-2-3-4-11(13)12(5-9-7-14-9)6-10-8-15-10/h2,9-10H,1,3-8H2. The highest BCUT2D eigenvalue weighted by Gasteiger charge is 2.32. The molecule has 0 saturated carbocycles. The largest absolute Gasteiger partial charge is 0.371 e. The van der Waals surface area contributed by atoms with Crippen molar-refractivity contribution in [1.82, 2.24) is 4.90 Å². The minimum absolute atomic E-state index is 0.181. The molecule has 0 aliphatic carbocycles. The molecule has 15 heavy (non-hydrogen) atoms. The fraction of sp³-hybridized carbons (Fsp3) is 0.727. The van der Waals surface area contributed by atoms with E-state index < -0.39 is 0 Å². The summed E-state index contributed by atoms with van der Waals surface area (Å²) in [6.07, 6.45) is 3.58. The van der Waals surface area contributed by atoms with Crippen molar-refractivity contribution in [3.63, 3.8) is 0 Å². The Labute approximate surface area is 89.8 Å². The highest BCUT2D eigenvalue weighted by molar-refractivity contribution is 5.76. The molecule has 2 saturated heterocycles. The molecule has 2 atom stereocenters. The second-order valence-electron chi connectivity index (χ2n) is 4.04. The monoisotopic (exact) mass is 211 g/mol. The van der Waals surface area contributed by atoms with Gasteiger partial charge in [0, 0.05) is 19.5 Å². The molecule has 2 aliphatic rings. The van der Waals surface area contributed by atoms with E-state index in [9.17, 15) is 4.79 Å². The first-order valence-electron chi connectivity index (χ1n) is 5.41. The van der Waals surface area contributed by atoms with Crippen LogP contribution in [0.5, 0.6) is 0 Å². The average Bonchev–Trinajstić information content (AvgIpc) is 3.06. The Balaban J connectivity index is 1.77. The average molecular weight is 211 g/mol. The first kappa shape index (κ1) is 10.6. The molecule has 1 amide bonds. The summed E-state index contributed by atoms with van der Waals surface area (Å²) < 4.78 is 10.3.